The van der Waals surface area contributed by atoms with E-state index in [9.17, 15) is 9.90 Å². The van der Waals surface area contributed by atoms with E-state index in [-0.39, 0.29) is 12.4 Å². The zero-order chi connectivity index (χ0) is 11.4. The Labute approximate surface area is 87.4 Å². The van der Waals surface area contributed by atoms with Gasteiger partial charge >= 0.3 is 5.97 Å². The lowest BCUT2D eigenvalue weighted by atomic mass is 10.2. The summed E-state index contributed by atoms with van der Waals surface area (Å²) in [5.41, 5.74) is 0. The summed E-state index contributed by atoms with van der Waals surface area (Å²) in [6.07, 6.45) is -1.26. The van der Waals surface area contributed by atoms with E-state index >= 15 is 0 Å². The van der Waals surface area contributed by atoms with Crippen molar-refractivity contribution in [2.24, 2.45) is 0 Å². The van der Waals surface area contributed by atoms with Crippen LogP contribution < -0.4 is 0 Å². The molecule has 1 aliphatic rings. The molecule has 0 aromatic carbocycles. The minimum atomic E-state index is -0.810. The molecule has 6 nitrogen and oxygen atoms in total. The van der Waals surface area contributed by atoms with Gasteiger partial charge < -0.3 is 24.1 Å². The first-order valence-corrected chi connectivity index (χ1v) is 4.35. The molecule has 0 amide bonds. The van der Waals surface area contributed by atoms with Crippen LogP contribution in [0.2, 0.25) is 0 Å². The number of carbonyl (C=O) groups is 1. The summed E-state index contributed by atoms with van der Waals surface area (Å²) >= 11 is 0. The second-order valence-corrected chi connectivity index (χ2v) is 2.97. The van der Waals surface area contributed by atoms with Crippen molar-refractivity contribution in [3.05, 3.63) is 11.5 Å². The molecule has 15 heavy (non-hydrogen) atoms. The summed E-state index contributed by atoms with van der Waals surface area (Å²) in [5.74, 6) is -1.25. The summed E-state index contributed by atoms with van der Waals surface area (Å²) in [7, 11) is 4.30. The fourth-order valence-electron chi connectivity index (χ4n) is 1.36. The van der Waals surface area contributed by atoms with Crippen LogP contribution in [0, 0.1) is 0 Å². The van der Waals surface area contributed by atoms with Gasteiger partial charge in [-0.15, -0.1) is 0 Å². The van der Waals surface area contributed by atoms with Gasteiger partial charge in [0.1, 0.15) is 6.10 Å². The van der Waals surface area contributed by atoms with E-state index in [0.717, 1.165) is 0 Å². The van der Waals surface area contributed by atoms with E-state index in [1.54, 1.807) is 0 Å². The molecule has 0 aromatic heterocycles. The van der Waals surface area contributed by atoms with Crippen molar-refractivity contribution in [1.82, 2.24) is 0 Å². The topological polar surface area (TPSA) is 74.2 Å². The third kappa shape index (κ3) is 2.21. The number of hydrogen-bond donors (Lipinski definition) is 1. The van der Waals surface area contributed by atoms with Gasteiger partial charge in [-0.05, 0) is 0 Å². The number of cyclic esters (lactones) is 1. The van der Waals surface area contributed by atoms with Gasteiger partial charge in [0.2, 0.25) is 5.76 Å². The molecule has 0 aliphatic carbocycles. The molecule has 1 aliphatic heterocycles. The molecule has 2 unspecified atom stereocenters. The number of hydrogen-bond acceptors (Lipinski definition) is 6. The first-order chi connectivity index (χ1) is 7.15. The highest BCUT2D eigenvalue weighted by Gasteiger charge is 2.41. The quantitative estimate of drug-likeness (QED) is 0.654. The zero-order valence-corrected chi connectivity index (χ0v) is 8.85. The van der Waals surface area contributed by atoms with Gasteiger partial charge in [0.25, 0.3) is 0 Å². The zero-order valence-electron chi connectivity index (χ0n) is 8.85. The molecule has 1 N–H and O–H groups in total. The summed E-state index contributed by atoms with van der Waals surface area (Å²) < 4.78 is 19.7. The molecule has 0 spiro atoms. The highest BCUT2D eigenvalue weighted by molar-refractivity contribution is 5.89. The predicted octanol–water partition coefficient (Wildman–Crippen LogP) is -0.0108. The molecule has 0 bridgehead atoms. The third-order valence-electron chi connectivity index (χ3n) is 2.11. The van der Waals surface area contributed by atoms with Crippen molar-refractivity contribution in [2.75, 3.05) is 27.9 Å². The number of methoxy groups -OCH3 is 3. The molecule has 0 radical (unpaired) electrons. The number of aliphatic hydroxyl groups excluding tert-OH is 1. The van der Waals surface area contributed by atoms with Crippen molar-refractivity contribution >= 4 is 5.97 Å². The predicted molar refractivity (Wildman–Crippen MR) is 49.2 cm³/mol. The Hall–Kier alpha value is -1.27. The number of rotatable bonds is 5. The van der Waals surface area contributed by atoms with Crippen LogP contribution >= 0.6 is 0 Å². The summed E-state index contributed by atoms with van der Waals surface area (Å²) in [5, 5.41) is 9.32. The van der Waals surface area contributed by atoms with E-state index in [2.05, 4.69) is 0 Å². The molecule has 0 aromatic rings. The number of esters is 1. The van der Waals surface area contributed by atoms with E-state index in [1.807, 2.05) is 0 Å². The average molecular weight is 218 g/mol. The molecule has 1 heterocycles. The molecule has 1 rings (SSSR count). The van der Waals surface area contributed by atoms with E-state index < -0.39 is 23.9 Å². The van der Waals surface area contributed by atoms with Gasteiger partial charge in [-0.2, -0.15) is 0 Å². The van der Waals surface area contributed by atoms with Crippen LogP contribution in [0.3, 0.4) is 0 Å². The first-order valence-electron chi connectivity index (χ1n) is 4.35. The Balaban J connectivity index is 2.82. The number of ether oxygens (including phenoxy) is 4. The lowest BCUT2D eigenvalue weighted by Gasteiger charge is -2.21. The van der Waals surface area contributed by atoms with E-state index in [0.29, 0.717) is 0 Å². The van der Waals surface area contributed by atoms with Crippen LogP contribution in [0.4, 0.5) is 0 Å². The lowest BCUT2D eigenvalue weighted by Crippen LogP contribution is -2.34. The first kappa shape index (κ1) is 11.8. The number of carbonyl (C=O) groups excluding carboxylic acids is 1. The van der Waals surface area contributed by atoms with Crippen LogP contribution in [-0.2, 0) is 23.7 Å². The normalized spacial score (nSPS) is 22.9. The van der Waals surface area contributed by atoms with Crippen LogP contribution in [0.5, 0.6) is 0 Å². The Bertz CT molecular complexity index is 272. The summed E-state index contributed by atoms with van der Waals surface area (Å²) in [6.45, 7) is 0.231. The smallest absolute Gasteiger partial charge is 0.378 e. The van der Waals surface area contributed by atoms with Crippen LogP contribution in [-0.4, -0.2) is 51.2 Å². The van der Waals surface area contributed by atoms with Gasteiger partial charge in [-0.1, -0.05) is 0 Å². The molecular formula is C9H14O6. The minimum absolute atomic E-state index is 0.0731. The molecule has 0 saturated carbocycles. The van der Waals surface area contributed by atoms with Gasteiger partial charge in [0.05, 0.1) is 13.7 Å². The third-order valence-corrected chi connectivity index (χ3v) is 2.11. The van der Waals surface area contributed by atoms with Crippen molar-refractivity contribution in [3.8, 4) is 0 Å². The summed E-state index contributed by atoms with van der Waals surface area (Å²) in [4.78, 5) is 11.1. The van der Waals surface area contributed by atoms with E-state index in [1.165, 1.54) is 21.3 Å². The van der Waals surface area contributed by atoms with Gasteiger partial charge in [0.15, 0.2) is 11.9 Å². The van der Waals surface area contributed by atoms with Crippen LogP contribution in [0.15, 0.2) is 11.5 Å². The van der Waals surface area contributed by atoms with Crippen molar-refractivity contribution in [1.29, 1.82) is 0 Å². The molecular weight excluding hydrogens is 204 g/mol. The van der Waals surface area contributed by atoms with E-state index in [4.69, 9.17) is 18.9 Å². The van der Waals surface area contributed by atoms with Crippen LogP contribution in [0.25, 0.3) is 0 Å². The van der Waals surface area contributed by atoms with Crippen molar-refractivity contribution in [2.45, 2.75) is 12.2 Å². The highest BCUT2D eigenvalue weighted by Crippen LogP contribution is 2.25. The standard InChI is InChI=1S/C9H14O6/c1-12-4-5(13-2)7-8(14-3)6(10)9(11)15-7/h5,7,10H,4H2,1-3H3. The van der Waals surface area contributed by atoms with Crippen LogP contribution in [0.1, 0.15) is 0 Å². The molecule has 0 saturated heterocycles. The molecule has 86 valence electrons. The second kappa shape index (κ2) is 4.99. The monoisotopic (exact) mass is 218 g/mol. The molecule has 0 fully saturated rings. The fourth-order valence-corrected chi connectivity index (χ4v) is 1.36. The van der Waals surface area contributed by atoms with Gasteiger partial charge in [0, 0.05) is 14.2 Å². The van der Waals surface area contributed by atoms with Gasteiger partial charge in [-0.3, -0.25) is 0 Å². The Morgan fingerprint density at radius 3 is 2.60 bits per heavy atom. The van der Waals surface area contributed by atoms with Crippen molar-refractivity contribution < 1.29 is 28.8 Å². The number of aliphatic hydroxyl groups is 1. The Kier molecular flexibility index (Phi) is 3.93. The fraction of sp³-hybridized carbons (Fsp3) is 0.667. The highest BCUT2D eigenvalue weighted by atomic mass is 16.6. The Morgan fingerprint density at radius 1 is 1.47 bits per heavy atom. The molecule has 2 atom stereocenters. The van der Waals surface area contributed by atoms with Gasteiger partial charge in [-0.25, -0.2) is 4.79 Å². The maximum absolute atomic E-state index is 11.1. The maximum Gasteiger partial charge on any atom is 0.378 e. The summed E-state index contributed by atoms with van der Waals surface area (Å²) in [6, 6.07) is 0. The Morgan fingerprint density at radius 2 is 2.13 bits per heavy atom. The maximum atomic E-state index is 11.1. The van der Waals surface area contributed by atoms with Crippen molar-refractivity contribution in [3.63, 3.8) is 0 Å². The molecule has 6 heteroatoms. The largest absolute Gasteiger partial charge is 0.499 e. The lowest BCUT2D eigenvalue weighted by molar-refractivity contribution is -0.149. The average Bonchev–Trinajstić information content (AvgIpc) is 2.51. The SMILES string of the molecule is COCC(OC)C1OC(=O)C(O)=C1OC. The minimum Gasteiger partial charge on any atom is -0.499 e. The second-order valence-electron chi connectivity index (χ2n) is 2.97.